The van der Waals surface area contributed by atoms with Crippen molar-refractivity contribution < 1.29 is 5.11 Å². The molecule has 26 heavy (non-hydrogen) atoms. The molecule has 156 valence electrons. The minimum absolute atomic E-state index is 0.108. The molecule has 0 amide bonds. The molecule has 2 N–H and O–H groups in total. The first-order valence-corrected chi connectivity index (χ1v) is 12.2. The zero-order valence-electron chi connectivity index (χ0n) is 18.1. The Balaban J connectivity index is 1.98. The average molecular weight is 368 g/mol. The van der Waals surface area contributed by atoms with Crippen molar-refractivity contribution in [3.63, 3.8) is 0 Å². The van der Waals surface area contributed by atoms with Crippen molar-refractivity contribution in [2.75, 3.05) is 6.54 Å². The summed E-state index contributed by atoms with van der Waals surface area (Å²) in [6, 6.07) is 0.364. The fourth-order valence-electron chi connectivity index (χ4n) is 4.58. The van der Waals surface area contributed by atoms with Gasteiger partial charge in [0.15, 0.2) is 0 Å². The predicted octanol–water partition coefficient (Wildman–Crippen LogP) is 7.00. The van der Waals surface area contributed by atoms with E-state index in [-0.39, 0.29) is 6.10 Å². The molecule has 2 heteroatoms. The Hall–Kier alpha value is -0.0800. The maximum atomic E-state index is 10.4. The Labute approximate surface area is 164 Å². The Kier molecular flexibility index (Phi) is 15.7. The minimum atomic E-state index is -0.108. The Bertz CT molecular complexity index is 294. The fraction of sp³-hybridized carbons (Fsp3) is 1.00. The normalized spacial score (nSPS) is 23.4. The van der Waals surface area contributed by atoms with E-state index < -0.39 is 0 Å². The number of hydrogen-bond acceptors (Lipinski definition) is 2. The molecule has 1 aliphatic rings. The Morgan fingerprint density at radius 3 is 1.81 bits per heavy atom. The summed E-state index contributed by atoms with van der Waals surface area (Å²) in [5, 5.41) is 14.0. The molecular formula is C24H49NO. The van der Waals surface area contributed by atoms with Gasteiger partial charge >= 0.3 is 0 Å². The van der Waals surface area contributed by atoms with Crippen molar-refractivity contribution in [3.8, 4) is 0 Å². The van der Waals surface area contributed by atoms with Crippen LogP contribution in [-0.4, -0.2) is 23.8 Å². The number of aliphatic hydroxyl groups is 1. The average Bonchev–Trinajstić information content (AvgIpc) is 2.64. The van der Waals surface area contributed by atoms with Gasteiger partial charge < -0.3 is 10.4 Å². The number of nitrogens with one attached hydrogen (secondary N) is 1. The smallest absolute Gasteiger partial charge is 0.0695 e. The van der Waals surface area contributed by atoms with E-state index >= 15 is 0 Å². The van der Waals surface area contributed by atoms with Crippen LogP contribution >= 0.6 is 0 Å². The quantitative estimate of drug-likeness (QED) is 0.271. The molecule has 2 nitrogen and oxygen atoms in total. The van der Waals surface area contributed by atoms with Crippen LogP contribution < -0.4 is 5.32 Å². The molecular weight excluding hydrogens is 318 g/mol. The first-order valence-electron chi connectivity index (χ1n) is 12.2. The van der Waals surface area contributed by atoms with Gasteiger partial charge in [-0.3, -0.25) is 0 Å². The molecule has 1 saturated carbocycles. The molecule has 0 aliphatic heterocycles. The maximum Gasteiger partial charge on any atom is 0.0695 e. The molecule has 0 aromatic carbocycles. The SMILES string of the molecule is CCCCCCCCCCCCCC[C@@H]1CCC[C@H](O)[C@H]1NCCCC. The van der Waals surface area contributed by atoms with E-state index in [0.29, 0.717) is 12.0 Å². The summed E-state index contributed by atoms with van der Waals surface area (Å²) in [5.41, 5.74) is 0. The fourth-order valence-corrected chi connectivity index (χ4v) is 4.58. The molecule has 0 aromatic rings. The number of unbranched alkanes of at least 4 members (excludes halogenated alkanes) is 12. The van der Waals surface area contributed by atoms with Gasteiger partial charge in [-0.05, 0) is 38.1 Å². The van der Waals surface area contributed by atoms with Gasteiger partial charge in [-0.15, -0.1) is 0 Å². The third-order valence-corrected chi connectivity index (χ3v) is 6.34. The van der Waals surface area contributed by atoms with E-state index in [1.54, 1.807) is 0 Å². The van der Waals surface area contributed by atoms with Crippen molar-refractivity contribution in [1.29, 1.82) is 0 Å². The van der Waals surface area contributed by atoms with Crippen LogP contribution in [0.5, 0.6) is 0 Å². The highest BCUT2D eigenvalue weighted by molar-refractivity contribution is 4.87. The van der Waals surface area contributed by atoms with Crippen LogP contribution in [0.4, 0.5) is 0 Å². The second kappa shape index (κ2) is 17.0. The molecule has 1 rings (SSSR count). The van der Waals surface area contributed by atoms with Gasteiger partial charge in [-0.2, -0.15) is 0 Å². The molecule has 0 heterocycles. The van der Waals surface area contributed by atoms with Gasteiger partial charge in [-0.1, -0.05) is 104 Å². The van der Waals surface area contributed by atoms with E-state index in [2.05, 4.69) is 19.2 Å². The minimum Gasteiger partial charge on any atom is -0.391 e. The number of hydrogen-bond donors (Lipinski definition) is 2. The van der Waals surface area contributed by atoms with Gasteiger partial charge in [0.05, 0.1) is 6.10 Å². The summed E-state index contributed by atoms with van der Waals surface area (Å²) < 4.78 is 0. The highest BCUT2D eigenvalue weighted by Gasteiger charge is 2.30. The zero-order valence-corrected chi connectivity index (χ0v) is 18.1. The van der Waals surface area contributed by atoms with Crippen LogP contribution in [0.25, 0.3) is 0 Å². The molecule has 1 aliphatic carbocycles. The third-order valence-electron chi connectivity index (χ3n) is 6.34. The summed E-state index contributed by atoms with van der Waals surface area (Å²) in [6.45, 7) is 5.61. The van der Waals surface area contributed by atoms with Crippen LogP contribution in [0.15, 0.2) is 0 Å². The van der Waals surface area contributed by atoms with E-state index in [1.807, 2.05) is 0 Å². The molecule has 3 atom stereocenters. The van der Waals surface area contributed by atoms with Crippen molar-refractivity contribution in [1.82, 2.24) is 5.32 Å². The molecule has 0 aromatic heterocycles. The monoisotopic (exact) mass is 367 g/mol. The van der Waals surface area contributed by atoms with Gasteiger partial charge in [0.1, 0.15) is 0 Å². The van der Waals surface area contributed by atoms with E-state index in [9.17, 15) is 5.11 Å². The number of rotatable bonds is 17. The van der Waals surface area contributed by atoms with Crippen molar-refractivity contribution in [2.45, 2.75) is 142 Å². The second-order valence-electron chi connectivity index (χ2n) is 8.77. The highest BCUT2D eigenvalue weighted by atomic mass is 16.3. The van der Waals surface area contributed by atoms with Gasteiger partial charge in [-0.25, -0.2) is 0 Å². The van der Waals surface area contributed by atoms with Gasteiger partial charge in [0.2, 0.25) is 0 Å². The van der Waals surface area contributed by atoms with Gasteiger partial charge in [0, 0.05) is 6.04 Å². The summed E-state index contributed by atoms with van der Waals surface area (Å²) in [4.78, 5) is 0. The molecule has 0 radical (unpaired) electrons. The van der Waals surface area contributed by atoms with Crippen molar-refractivity contribution >= 4 is 0 Å². The second-order valence-corrected chi connectivity index (χ2v) is 8.77. The Morgan fingerprint density at radius 1 is 0.692 bits per heavy atom. The predicted molar refractivity (Wildman–Crippen MR) is 116 cm³/mol. The molecule has 0 spiro atoms. The molecule has 0 bridgehead atoms. The standard InChI is InChI=1S/C24H49NO/c1-3-5-7-8-9-10-11-12-13-14-15-16-18-22-19-17-20-23(26)24(22)25-21-6-4-2/h22-26H,3-21H2,1-2H3/t22-,23+,24+/m1/s1. The summed E-state index contributed by atoms with van der Waals surface area (Å²) >= 11 is 0. The lowest BCUT2D eigenvalue weighted by Crippen LogP contribution is -2.48. The van der Waals surface area contributed by atoms with Crippen LogP contribution in [-0.2, 0) is 0 Å². The van der Waals surface area contributed by atoms with E-state index in [4.69, 9.17) is 0 Å². The van der Waals surface area contributed by atoms with Crippen molar-refractivity contribution in [3.05, 3.63) is 0 Å². The Morgan fingerprint density at radius 2 is 1.23 bits per heavy atom. The topological polar surface area (TPSA) is 32.3 Å². The summed E-state index contributed by atoms with van der Waals surface area (Å²) in [7, 11) is 0. The molecule has 0 saturated heterocycles. The summed E-state index contributed by atoms with van der Waals surface area (Å²) in [5.74, 6) is 0.707. The largest absolute Gasteiger partial charge is 0.391 e. The van der Waals surface area contributed by atoms with Crippen molar-refractivity contribution in [2.24, 2.45) is 5.92 Å². The van der Waals surface area contributed by atoms with Crippen LogP contribution in [0.1, 0.15) is 129 Å². The van der Waals surface area contributed by atoms with Gasteiger partial charge in [0.25, 0.3) is 0 Å². The van der Waals surface area contributed by atoms with E-state index in [1.165, 1.54) is 109 Å². The zero-order chi connectivity index (χ0) is 18.9. The lowest BCUT2D eigenvalue weighted by atomic mass is 9.79. The van der Waals surface area contributed by atoms with Crippen LogP contribution in [0, 0.1) is 5.92 Å². The third kappa shape index (κ3) is 11.6. The summed E-state index contributed by atoms with van der Waals surface area (Å²) in [6.07, 6.45) is 24.3. The lowest BCUT2D eigenvalue weighted by molar-refractivity contribution is 0.0537. The first-order chi connectivity index (χ1) is 12.8. The molecule has 0 unspecified atom stereocenters. The maximum absolute atomic E-state index is 10.4. The number of aliphatic hydroxyl groups excluding tert-OH is 1. The van der Waals surface area contributed by atoms with Crippen LogP contribution in [0.2, 0.25) is 0 Å². The first kappa shape index (κ1) is 24.0. The lowest BCUT2D eigenvalue weighted by Gasteiger charge is -2.36. The highest BCUT2D eigenvalue weighted by Crippen LogP contribution is 2.29. The molecule has 1 fully saturated rings. The van der Waals surface area contributed by atoms with E-state index in [0.717, 1.165) is 13.0 Å². The van der Waals surface area contributed by atoms with Crippen LogP contribution in [0.3, 0.4) is 0 Å².